The summed E-state index contributed by atoms with van der Waals surface area (Å²) in [6.45, 7) is 1.94. The minimum atomic E-state index is 0.415. The minimum Gasteiger partial charge on any atom is -0.439 e. The van der Waals surface area contributed by atoms with Crippen molar-refractivity contribution in [1.82, 2.24) is 9.97 Å². The van der Waals surface area contributed by atoms with Crippen LogP contribution in [0.3, 0.4) is 0 Å². The second kappa shape index (κ2) is 4.99. The zero-order valence-electron chi connectivity index (χ0n) is 10.4. The number of aromatic nitrogens is 2. The highest BCUT2D eigenvalue weighted by Gasteiger charge is 2.27. The Morgan fingerprint density at radius 3 is 2.63 bits per heavy atom. The SMILES string of the molecule is Cc1cc(Cl)ccc1Oc1cc(Cl)nc(C2CC2)n1. The molecule has 0 unspecified atom stereocenters. The molecule has 3 rings (SSSR count). The fourth-order valence-electron chi connectivity index (χ4n) is 1.83. The van der Waals surface area contributed by atoms with Crippen LogP contribution in [0.1, 0.15) is 30.1 Å². The van der Waals surface area contributed by atoms with Crippen molar-refractivity contribution in [3.05, 3.63) is 45.8 Å². The molecule has 1 aliphatic rings. The maximum atomic E-state index is 6.00. The van der Waals surface area contributed by atoms with Crippen molar-refractivity contribution in [3.63, 3.8) is 0 Å². The second-order valence-corrected chi connectivity index (χ2v) is 5.50. The molecule has 0 radical (unpaired) electrons. The first-order chi connectivity index (χ1) is 9.11. The summed E-state index contributed by atoms with van der Waals surface area (Å²) in [6, 6.07) is 7.09. The Kier molecular flexibility index (Phi) is 3.33. The van der Waals surface area contributed by atoms with Gasteiger partial charge in [-0.15, -0.1) is 0 Å². The lowest BCUT2D eigenvalue weighted by Gasteiger charge is -2.09. The quantitative estimate of drug-likeness (QED) is 0.766. The minimum absolute atomic E-state index is 0.415. The molecule has 1 aromatic heterocycles. The van der Waals surface area contributed by atoms with Gasteiger partial charge in [0.25, 0.3) is 0 Å². The summed E-state index contributed by atoms with van der Waals surface area (Å²) in [5.74, 6) is 2.41. The molecule has 1 saturated carbocycles. The molecule has 0 bridgehead atoms. The number of rotatable bonds is 3. The Bertz CT molecular complexity index is 627. The van der Waals surface area contributed by atoms with E-state index in [9.17, 15) is 0 Å². The third-order valence-electron chi connectivity index (χ3n) is 2.98. The van der Waals surface area contributed by atoms with Gasteiger partial charge >= 0.3 is 0 Å². The van der Waals surface area contributed by atoms with Crippen LogP contribution < -0.4 is 4.74 Å². The lowest BCUT2D eigenvalue weighted by molar-refractivity contribution is 0.455. The number of nitrogens with zero attached hydrogens (tertiary/aromatic N) is 2. The van der Waals surface area contributed by atoms with Crippen LogP contribution in [0, 0.1) is 6.92 Å². The van der Waals surface area contributed by atoms with Crippen LogP contribution in [0.15, 0.2) is 24.3 Å². The Hall–Kier alpha value is -1.32. The number of ether oxygens (including phenoxy) is 1. The van der Waals surface area contributed by atoms with Crippen molar-refractivity contribution >= 4 is 23.2 Å². The van der Waals surface area contributed by atoms with Gasteiger partial charge in [0, 0.05) is 17.0 Å². The molecule has 3 nitrogen and oxygen atoms in total. The van der Waals surface area contributed by atoms with Gasteiger partial charge in [0.05, 0.1) is 0 Å². The highest BCUT2D eigenvalue weighted by Crippen LogP contribution is 2.39. The molecule has 1 aliphatic carbocycles. The first-order valence-electron chi connectivity index (χ1n) is 6.10. The molecule has 19 heavy (non-hydrogen) atoms. The van der Waals surface area contributed by atoms with Crippen molar-refractivity contribution in [2.45, 2.75) is 25.7 Å². The van der Waals surface area contributed by atoms with Gasteiger partial charge in [-0.3, -0.25) is 0 Å². The van der Waals surface area contributed by atoms with Gasteiger partial charge in [0.2, 0.25) is 5.88 Å². The summed E-state index contributed by atoms with van der Waals surface area (Å²) in [6.07, 6.45) is 2.25. The molecule has 0 atom stereocenters. The average molecular weight is 295 g/mol. The van der Waals surface area contributed by atoms with Gasteiger partial charge < -0.3 is 4.74 Å². The van der Waals surface area contributed by atoms with Crippen LogP contribution in [0.5, 0.6) is 11.6 Å². The van der Waals surface area contributed by atoms with Gasteiger partial charge in [-0.25, -0.2) is 4.98 Å². The molecule has 5 heteroatoms. The van der Waals surface area contributed by atoms with E-state index in [1.807, 2.05) is 19.1 Å². The van der Waals surface area contributed by atoms with Crippen LogP contribution in [-0.2, 0) is 0 Å². The summed E-state index contributed by atoms with van der Waals surface area (Å²) in [5.41, 5.74) is 0.954. The molecule has 1 aromatic carbocycles. The summed E-state index contributed by atoms with van der Waals surface area (Å²) in [7, 11) is 0. The highest BCUT2D eigenvalue weighted by atomic mass is 35.5. The van der Waals surface area contributed by atoms with Crippen LogP contribution in [0.2, 0.25) is 10.2 Å². The van der Waals surface area contributed by atoms with Crippen LogP contribution in [0.25, 0.3) is 0 Å². The Morgan fingerprint density at radius 2 is 1.95 bits per heavy atom. The van der Waals surface area contributed by atoms with Gasteiger partial charge in [0.1, 0.15) is 16.7 Å². The van der Waals surface area contributed by atoms with E-state index in [0.29, 0.717) is 22.0 Å². The molecular formula is C14H12Cl2N2O. The zero-order valence-corrected chi connectivity index (χ0v) is 11.9. The predicted molar refractivity (Wildman–Crippen MR) is 75.3 cm³/mol. The molecule has 98 valence electrons. The first-order valence-corrected chi connectivity index (χ1v) is 6.86. The third kappa shape index (κ3) is 2.99. The smallest absolute Gasteiger partial charge is 0.224 e. The number of hydrogen-bond donors (Lipinski definition) is 0. The van der Waals surface area contributed by atoms with Gasteiger partial charge in [-0.2, -0.15) is 4.98 Å². The molecule has 2 aromatic rings. The monoisotopic (exact) mass is 294 g/mol. The van der Waals surface area contributed by atoms with Gasteiger partial charge in [0.15, 0.2) is 0 Å². The van der Waals surface area contributed by atoms with E-state index < -0.39 is 0 Å². The Morgan fingerprint density at radius 1 is 1.16 bits per heavy atom. The van der Waals surface area contributed by atoms with Crippen LogP contribution in [-0.4, -0.2) is 9.97 Å². The van der Waals surface area contributed by atoms with E-state index in [-0.39, 0.29) is 0 Å². The second-order valence-electron chi connectivity index (χ2n) is 4.67. The third-order valence-corrected chi connectivity index (χ3v) is 3.41. The summed E-state index contributed by atoms with van der Waals surface area (Å²) in [5, 5.41) is 1.10. The molecule has 0 saturated heterocycles. The standard InChI is InChI=1S/C14H12Cl2N2O/c1-8-6-10(15)4-5-11(8)19-13-7-12(16)17-14(18-13)9-2-3-9/h4-7,9H,2-3H2,1H3. The lowest BCUT2D eigenvalue weighted by atomic mass is 10.2. The number of benzene rings is 1. The number of halogens is 2. The van der Waals surface area contributed by atoms with E-state index in [0.717, 1.165) is 30.0 Å². The normalized spacial score (nSPS) is 14.5. The maximum Gasteiger partial charge on any atom is 0.224 e. The van der Waals surface area contributed by atoms with Crippen molar-refractivity contribution in [1.29, 1.82) is 0 Å². The zero-order chi connectivity index (χ0) is 13.4. The molecule has 0 amide bonds. The first kappa shape index (κ1) is 12.7. The molecule has 0 spiro atoms. The molecule has 0 N–H and O–H groups in total. The maximum absolute atomic E-state index is 6.00. The average Bonchev–Trinajstić information content (AvgIpc) is 3.16. The Balaban J connectivity index is 1.89. The molecule has 0 aliphatic heterocycles. The van der Waals surface area contributed by atoms with Crippen LogP contribution >= 0.6 is 23.2 Å². The van der Waals surface area contributed by atoms with Gasteiger partial charge in [-0.1, -0.05) is 23.2 Å². The van der Waals surface area contributed by atoms with Crippen molar-refractivity contribution in [2.24, 2.45) is 0 Å². The van der Waals surface area contributed by atoms with E-state index in [1.165, 1.54) is 0 Å². The summed E-state index contributed by atoms with van der Waals surface area (Å²) >= 11 is 11.9. The van der Waals surface area contributed by atoms with Gasteiger partial charge in [-0.05, 0) is 43.5 Å². The fourth-order valence-corrected chi connectivity index (χ4v) is 2.24. The largest absolute Gasteiger partial charge is 0.439 e. The summed E-state index contributed by atoms with van der Waals surface area (Å²) < 4.78 is 5.77. The molecule has 1 fully saturated rings. The Labute approximate surface area is 121 Å². The molecular weight excluding hydrogens is 283 g/mol. The summed E-state index contributed by atoms with van der Waals surface area (Å²) in [4.78, 5) is 8.63. The molecule has 1 heterocycles. The van der Waals surface area contributed by atoms with Crippen molar-refractivity contribution in [3.8, 4) is 11.6 Å². The van der Waals surface area contributed by atoms with Crippen molar-refractivity contribution < 1.29 is 4.74 Å². The van der Waals surface area contributed by atoms with E-state index in [1.54, 1.807) is 12.1 Å². The topological polar surface area (TPSA) is 35.0 Å². The number of aryl methyl sites for hydroxylation is 1. The predicted octanol–water partition coefficient (Wildman–Crippen LogP) is 4.76. The fraction of sp³-hybridized carbons (Fsp3) is 0.286. The lowest BCUT2D eigenvalue weighted by Crippen LogP contribution is -1.97. The van der Waals surface area contributed by atoms with E-state index in [4.69, 9.17) is 27.9 Å². The number of hydrogen-bond acceptors (Lipinski definition) is 3. The van der Waals surface area contributed by atoms with Crippen LogP contribution in [0.4, 0.5) is 0 Å². The van der Waals surface area contributed by atoms with Crippen molar-refractivity contribution in [2.75, 3.05) is 0 Å². The highest BCUT2D eigenvalue weighted by molar-refractivity contribution is 6.30. The van der Waals surface area contributed by atoms with E-state index in [2.05, 4.69) is 9.97 Å². The van der Waals surface area contributed by atoms with E-state index >= 15 is 0 Å².